The summed E-state index contributed by atoms with van der Waals surface area (Å²) >= 11 is 0. The van der Waals surface area contributed by atoms with Crippen LogP contribution in [0.5, 0.6) is 0 Å². The van der Waals surface area contributed by atoms with Crippen LogP contribution in [0.15, 0.2) is 72.4 Å². The van der Waals surface area contributed by atoms with Crippen molar-refractivity contribution in [1.82, 2.24) is 4.90 Å². The Morgan fingerprint density at radius 3 is 2.17 bits per heavy atom. The van der Waals surface area contributed by atoms with Crippen molar-refractivity contribution < 1.29 is 9.59 Å². The molecule has 1 atom stereocenters. The SMILES string of the molecule is CN1CCCC(C(=O)c2ccccc2)C1=CC(=O)c1ccccc1. The van der Waals surface area contributed by atoms with Gasteiger partial charge in [-0.2, -0.15) is 0 Å². The van der Waals surface area contributed by atoms with Crippen LogP contribution in [0.2, 0.25) is 0 Å². The van der Waals surface area contributed by atoms with Crippen molar-refractivity contribution in [3.8, 4) is 0 Å². The van der Waals surface area contributed by atoms with Crippen LogP contribution in [0.1, 0.15) is 33.6 Å². The van der Waals surface area contributed by atoms with E-state index in [1.807, 2.05) is 60.5 Å². The third-order valence-electron chi connectivity index (χ3n) is 4.50. The molecule has 2 aromatic rings. The van der Waals surface area contributed by atoms with E-state index in [0.717, 1.165) is 25.1 Å². The van der Waals surface area contributed by atoms with Gasteiger partial charge in [0.05, 0.1) is 5.92 Å². The highest BCUT2D eigenvalue weighted by Crippen LogP contribution is 2.29. The lowest BCUT2D eigenvalue weighted by atomic mass is 9.86. The molecule has 0 radical (unpaired) electrons. The van der Waals surface area contributed by atoms with Gasteiger partial charge < -0.3 is 4.90 Å². The van der Waals surface area contributed by atoms with Crippen LogP contribution in [-0.2, 0) is 0 Å². The lowest BCUT2D eigenvalue weighted by Crippen LogP contribution is -2.34. The number of piperidine rings is 1. The van der Waals surface area contributed by atoms with Gasteiger partial charge in [0.1, 0.15) is 0 Å². The van der Waals surface area contributed by atoms with E-state index in [2.05, 4.69) is 0 Å². The second-order valence-electron chi connectivity index (χ2n) is 6.15. The van der Waals surface area contributed by atoms with E-state index in [1.165, 1.54) is 0 Å². The summed E-state index contributed by atoms with van der Waals surface area (Å²) in [6.07, 6.45) is 3.38. The van der Waals surface area contributed by atoms with Crippen molar-refractivity contribution >= 4 is 11.6 Å². The molecule has 1 heterocycles. The Hall–Kier alpha value is -2.68. The largest absolute Gasteiger partial charge is 0.377 e. The Kier molecular flexibility index (Phi) is 4.90. The van der Waals surface area contributed by atoms with Gasteiger partial charge in [-0.25, -0.2) is 0 Å². The minimum absolute atomic E-state index is 0.0507. The minimum Gasteiger partial charge on any atom is -0.377 e. The monoisotopic (exact) mass is 319 g/mol. The fraction of sp³-hybridized carbons (Fsp3) is 0.238. The van der Waals surface area contributed by atoms with Crippen LogP contribution in [0.4, 0.5) is 0 Å². The van der Waals surface area contributed by atoms with E-state index < -0.39 is 0 Å². The molecule has 24 heavy (non-hydrogen) atoms. The van der Waals surface area contributed by atoms with E-state index in [-0.39, 0.29) is 17.5 Å². The summed E-state index contributed by atoms with van der Waals surface area (Å²) in [5.41, 5.74) is 2.18. The van der Waals surface area contributed by atoms with Gasteiger partial charge in [0.15, 0.2) is 11.6 Å². The van der Waals surface area contributed by atoms with E-state index in [4.69, 9.17) is 0 Å². The zero-order valence-corrected chi connectivity index (χ0v) is 13.8. The molecule has 0 amide bonds. The third-order valence-corrected chi connectivity index (χ3v) is 4.50. The molecule has 2 aromatic carbocycles. The summed E-state index contributed by atoms with van der Waals surface area (Å²) in [5.74, 6) is -0.210. The van der Waals surface area contributed by atoms with Crippen LogP contribution >= 0.6 is 0 Å². The first-order valence-electron chi connectivity index (χ1n) is 8.28. The molecule has 0 aromatic heterocycles. The minimum atomic E-state index is -0.251. The predicted octanol–water partition coefficient (Wildman–Crippen LogP) is 3.98. The molecule has 0 aliphatic carbocycles. The lowest BCUT2D eigenvalue weighted by molar-refractivity contribution is 0.0894. The number of carbonyl (C=O) groups is 2. The number of hydrogen-bond acceptors (Lipinski definition) is 3. The summed E-state index contributed by atoms with van der Waals surface area (Å²) in [6, 6.07) is 18.5. The van der Waals surface area contributed by atoms with Crippen molar-refractivity contribution in [2.45, 2.75) is 12.8 Å². The maximum atomic E-state index is 12.9. The van der Waals surface area contributed by atoms with Gasteiger partial charge in [0, 0.05) is 36.5 Å². The number of carbonyl (C=O) groups excluding carboxylic acids is 2. The highest BCUT2D eigenvalue weighted by molar-refractivity contribution is 6.06. The Balaban J connectivity index is 1.91. The zero-order chi connectivity index (χ0) is 16.9. The van der Waals surface area contributed by atoms with Crippen LogP contribution in [0.3, 0.4) is 0 Å². The molecule has 122 valence electrons. The first-order valence-corrected chi connectivity index (χ1v) is 8.28. The number of nitrogens with zero attached hydrogens (tertiary/aromatic N) is 1. The summed E-state index contributed by atoms with van der Waals surface area (Å²) in [6.45, 7) is 0.868. The summed E-state index contributed by atoms with van der Waals surface area (Å²) in [5, 5.41) is 0. The Morgan fingerprint density at radius 1 is 0.958 bits per heavy atom. The average molecular weight is 319 g/mol. The number of benzene rings is 2. The van der Waals surface area contributed by atoms with Crippen molar-refractivity contribution in [2.24, 2.45) is 5.92 Å². The number of hydrogen-bond donors (Lipinski definition) is 0. The van der Waals surface area contributed by atoms with Crippen LogP contribution in [-0.4, -0.2) is 30.1 Å². The maximum absolute atomic E-state index is 12.9. The van der Waals surface area contributed by atoms with Crippen molar-refractivity contribution in [3.05, 3.63) is 83.6 Å². The third kappa shape index (κ3) is 3.46. The van der Waals surface area contributed by atoms with Gasteiger partial charge in [-0.1, -0.05) is 60.7 Å². The van der Waals surface area contributed by atoms with E-state index in [1.54, 1.807) is 18.2 Å². The smallest absolute Gasteiger partial charge is 0.187 e. The molecule has 1 aliphatic heterocycles. The fourth-order valence-electron chi connectivity index (χ4n) is 3.18. The van der Waals surface area contributed by atoms with Gasteiger partial charge in [-0.3, -0.25) is 9.59 Å². The highest BCUT2D eigenvalue weighted by atomic mass is 16.1. The molecule has 1 aliphatic rings. The van der Waals surface area contributed by atoms with Crippen molar-refractivity contribution in [3.63, 3.8) is 0 Å². The van der Waals surface area contributed by atoms with Crippen LogP contribution in [0.25, 0.3) is 0 Å². The van der Waals surface area contributed by atoms with Gasteiger partial charge in [0.25, 0.3) is 0 Å². The highest BCUT2D eigenvalue weighted by Gasteiger charge is 2.30. The quantitative estimate of drug-likeness (QED) is 0.632. The molecule has 0 N–H and O–H groups in total. The van der Waals surface area contributed by atoms with Crippen LogP contribution < -0.4 is 0 Å². The topological polar surface area (TPSA) is 37.4 Å². The Bertz CT molecular complexity index is 750. The van der Waals surface area contributed by atoms with Gasteiger partial charge in [-0.15, -0.1) is 0 Å². The fourth-order valence-corrected chi connectivity index (χ4v) is 3.18. The molecule has 0 spiro atoms. The molecule has 0 saturated carbocycles. The van der Waals surface area contributed by atoms with Crippen LogP contribution in [0, 0.1) is 5.92 Å². The number of ketones is 2. The number of Topliss-reactive ketones (excluding diaryl/α,β-unsaturated/α-hetero) is 1. The normalized spacial score (nSPS) is 19.3. The van der Waals surface area contributed by atoms with E-state index >= 15 is 0 Å². The second-order valence-corrected chi connectivity index (χ2v) is 6.15. The Labute approximate surface area is 142 Å². The molecular weight excluding hydrogens is 298 g/mol. The predicted molar refractivity (Wildman–Crippen MR) is 95.0 cm³/mol. The van der Waals surface area contributed by atoms with Crippen molar-refractivity contribution in [1.29, 1.82) is 0 Å². The molecule has 0 bridgehead atoms. The second kappa shape index (κ2) is 7.26. The summed E-state index contributed by atoms with van der Waals surface area (Å²) in [4.78, 5) is 27.5. The number of allylic oxidation sites excluding steroid dienone is 2. The lowest BCUT2D eigenvalue weighted by Gasteiger charge is -2.33. The molecule has 3 nitrogen and oxygen atoms in total. The number of rotatable bonds is 4. The summed E-state index contributed by atoms with van der Waals surface area (Å²) < 4.78 is 0. The summed E-state index contributed by atoms with van der Waals surface area (Å²) in [7, 11) is 1.95. The first kappa shape index (κ1) is 16.2. The first-order chi connectivity index (χ1) is 11.7. The molecule has 3 heteroatoms. The molecule has 3 rings (SSSR count). The van der Waals surface area contributed by atoms with Gasteiger partial charge >= 0.3 is 0 Å². The maximum Gasteiger partial charge on any atom is 0.187 e. The molecular formula is C21H21NO2. The van der Waals surface area contributed by atoms with Gasteiger partial charge in [-0.05, 0) is 12.8 Å². The van der Waals surface area contributed by atoms with Gasteiger partial charge in [0.2, 0.25) is 0 Å². The van der Waals surface area contributed by atoms with E-state index in [9.17, 15) is 9.59 Å². The Morgan fingerprint density at radius 2 is 1.54 bits per heavy atom. The van der Waals surface area contributed by atoms with Crippen molar-refractivity contribution in [2.75, 3.05) is 13.6 Å². The zero-order valence-electron chi connectivity index (χ0n) is 13.8. The number of likely N-dealkylation sites (tertiary alicyclic amines) is 1. The molecule has 1 saturated heterocycles. The van der Waals surface area contributed by atoms with E-state index in [0.29, 0.717) is 11.1 Å². The molecule has 1 unspecified atom stereocenters. The standard InChI is InChI=1S/C21H21NO2/c1-22-14-8-13-18(21(24)17-11-6-3-7-12-17)19(22)15-20(23)16-9-4-2-5-10-16/h2-7,9-12,15,18H,8,13-14H2,1H3. The molecule has 1 fully saturated rings. The average Bonchev–Trinajstić information content (AvgIpc) is 2.64.